The first kappa shape index (κ1) is 36.5. The minimum absolute atomic E-state index is 0.0455. The Kier molecular flexibility index (Phi) is 25.5. The van der Waals surface area contributed by atoms with Gasteiger partial charge in [-0.05, 0) is 19.8 Å². The Morgan fingerprint density at radius 3 is 1.65 bits per heavy atom. The molecule has 0 radical (unpaired) electrons. The van der Waals surface area contributed by atoms with Crippen molar-refractivity contribution >= 4 is 13.6 Å². The van der Waals surface area contributed by atoms with Crippen LogP contribution in [0, 0.1) is 0 Å². The Bertz CT molecular complexity index is 563. The van der Waals surface area contributed by atoms with Crippen LogP contribution in [0.3, 0.4) is 0 Å². The van der Waals surface area contributed by atoms with Crippen molar-refractivity contribution in [1.29, 1.82) is 0 Å². The number of hydrogen-bond acceptors (Lipinski definition) is 6. The molecule has 7 nitrogen and oxygen atoms in total. The van der Waals surface area contributed by atoms with Crippen molar-refractivity contribution in [3.63, 3.8) is 0 Å². The molecule has 0 rings (SSSR count). The molecule has 3 N–H and O–H groups in total. The Labute approximate surface area is 228 Å². The van der Waals surface area contributed by atoms with E-state index < -0.39 is 19.4 Å². The standard InChI is InChI=1S/C29H60NO6P/c1-4-6-7-8-9-10-11-12-13-14-15-16-17-18-19-20-21-23-34-25-28(36-29(31)22-5-2)26-35-37(32,33)27(3)24-30/h27-28H,4-26,30H2,1-3H3,(H,32,33). The molecular weight excluding hydrogens is 489 g/mol. The predicted molar refractivity (Wildman–Crippen MR) is 154 cm³/mol. The molecule has 0 aromatic heterocycles. The van der Waals surface area contributed by atoms with Gasteiger partial charge >= 0.3 is 13.6 Å². The van der Waals surface area contributed by atoms with Crippen LogP contribution < -0.4 is 5.73 Å². The third-order valence-electron chi connectivity index (χ3n) is 6.79. The average Bonchev–Trinajstić information content (AvgIpc) is 2.88. The monoisotopic (exact) mass is 549 g/mol. The highest BCUT2D eigenvalue weighted by Gasteiger charge is 2.29. The van der Waals surface area contributed by atoms with Crippen molar-refractivity contribution in [1.82, 2.24) is 0 Å². The molecule has 0 fully saturated rings. The van der Waals surface area contributed by atoms with Gasteiger partial charge in [-0.25, -0.2) is 0 Å². The number of ether oxygens (including phenoxy) is 2. The number of unbranched alkanes of at least 4 members (excludes halogenated alkanes) is 16. The van der Waals surface area contributed by atoms with Crippen LogP contribution in [0.25, 0.3) is 0 Å². The van der Waals surface area contributed by atoms with E-state index in [4.69, 9.17) is 19.7 Å². The molecule has 0 aliphatic rings. The summed E-state index contributed by atoms with van der Waals surface area (Å²) in [6.07, 6.45) is 22.9. The average molecular weight is 550 g/mol. The number of carbonyl (C=O) groups excluding carboxylic acids is 1. The van der Waals surface area contributed by atoms with Crippen LogP contribution in [0.4, 0.5) is 0 Å². The van der Waals surface area contributed by atoms with Gasteiger partial charge in [-0.2, -0.15) is 0 Å². The minimum atomic E-state index is -3.85. The fraction of sp³-hybridized carbons (Fsp3) is 0.966. The maximum atomic E-state index is 12.2. The Hall–Kier alpha value is -0.460. The van der Waals surface area contributed by atoms with E-state index in [1.54, 1.807) is 6.92 Å². The van der Waals surface area contributed by atoms with E-state index in [1.807, 2.05) is 6.92 Å². The molecule has 0 heterocycles. The lowest BCUT2D eigenvalue weighted by Gasteiger charge is -2.22. The summed E-state index contributed by atoms with van der Waals surface area (Å²) in [5.74, 6) is -0.350. The first-order chi connectivity index (χ1) is 17.9. The SMILES string of the molecule is CCCCCCCCCCCCCCCCCCCOCC(COP(=O)(O)C(C)CN)OC(=O)CCC. The van der Waals surface area contributed by atoms with Crippen LogP contribution in [0.15, 0.2) is 0 Å². The molecule has 0 aromatic carbocycles. The van der Waals surface area contributed by atoms with Crippen molar-refractivity contribution in [3.8, 4) is 0 Å². The third kappa shape index (κ3) is 23.2. The zero-order valence-corrected chi connectivity index (χ0v) is 25.3. The van der Waals surface area contributed by atoms with Crippen molar-refractivity contribution in [2.75, 3.05) is 26.4 Å². The third-order valence-corrected chi connectivity index (χ3v) is 8.64. The van der Waals surface area contributed by atoms with Gasteiger partial charge in [-0.15, -0.1) is 0 Å². The van der Waals surface area contributed by atoms with Crippen molar-refractivity contribution in [2.24, 2.45) is 5.73 Å². The zero-order chi connectivity index (χ0) is 27.6. The Morgan fingerprint density at radius 1 is 0.757 bits per heavy atom. The van der Waals surface area contributed by atoms with Gasteiger partial charge in [-0.1, -0.05) is 117 Å². The summed E-state index contributed by atoms with van der Waals surface area (Å²) in [6.45, 7) is 6.34. The van der Waals surface area contributed by atoms with Gasteiger partial charge in [0.1, 0.15) is 6.10 Å². The molecule has 0 aliphatic heterocycles. The van der Waals surface area contributed by atoms with E-state index in [-0.39, 0.29) is 25.7 Å². The maximum Gasteiger partial charge on any atom is 0.332 e. The first-order valence-corrected chi connectivity index (χ1v) is 17.0. The van der Waals surface area contributed by atoms with E-state index >= 15 is 0 Å². The smallest absolute Gasteiger partial charge is 0.332 e. The van der Waals surface area contributed by atoms with E-state index in [1.165, 1.54) is 96.3 Å². The van der Waals surface area contributed by atoms with E-state index in [9.17, 15) is 14.3 Å². The summed E-state index contributed by atoms with van der Waals surface area (Å²) in [7, 11) is -3.85. The van der Waals surface area contributed by atoms with Crippen LogP contribution in [0.1, 0.15) is 143 Å². The second-order valence-electron chi connectivity index (χ2n) is 10.5. The molecule has 37 heavy (non-hydrogen) atoms. The first-order valence-electron chi connectivity index (χ1n) is 15.3. The molecule has 0 amide bonds. The highest BCUT2D eigenvalue weighted by atomic mass is 31.2. The number of esters is 1. The van der Waals surface area contributed by atoms with Crippen LogP contribution in [-0.2, 0) is 23.4 Å². The molecule has 0 aliphatic carbocycles. The molecule has 0 saturated carbocycles. The van der Waals surface area contributed by atoms with Gasteiger partial charge in [0, 0.05) is 19.6 Å². The van der Waals surface area contributed by atoms with Gasteiger partial charge < -0.3 is 24.6 Å². The van der Waals surface area contributed by atoms with Crippen molar-refractivity contribution in [2.45, 2.75) is 155 Å². The fourth-order valence-electron chi connectivity index (χ4n) is 4.16. The lowest BCUT2D eigenvalue weighted by Crippen LogP contribution is -2.29. The largest absolute Gasteiger partial charge is 0.457 e. The minimum Gasteiger partial charge on any atom is -0.457 e. The number of carbonyl (C=O) groups is 1. The van der Waals surface area contributed by atoms with E-state index in [2.05, 4.69) is 6.92 Å². The van der Waals surface area contributed by atoms with Crippen molar-refractivity contribution < 1.29 is 28.3 Å². The highest BCUT2D eigenvalue weighted by molar-refractivity contribution is 7.53. The van der Waals surface area contributed by atoms with Crippen molar-refractivity contribution in [3.05, 3.63) is 0 Å². The summed E-state index contributed by atoms with van der Waals surface area (Å²) in [5.41, 5.74) is 4.80. The molecule has 3 atom stereocenters. The number of hydrogen-bond donors (Lipinski definition) is 2. The normalized spacial score (nSPS) is 14.8. The maximum absolute atomic E-state index is 12.2. The topological polar surface area (TPSA) is 108 Å². The Morgan fingerprint density at radius 2 is 1.22 bits per heavy atom. The zero-order valence-electron chi connectivity index (χ0n) is 24.4. The van der Waals surface area contributed by atoms with Crippen LogP contribution >= 0.6 is 7.60 Å². The van der Waals surface area contributed by atoms with Crippen LogP contribution in [-0.4, -0.2) is 49.0 Å². The molecular formula is C29H60NO6P. The van der Waals surface area contributed by atoms with Gasteiger partial charge in [0.15, 0.2) is 0 Å². The number of rotatable bonds is 28. The van der Waals surface area contributed by atoms with Gasteiger partial charge in [0.25, 0.3) is 0 Å². The second-order valence-corrected chi connectivity index (χ2v) is 12.8. The van der Waals surface area contributed by atoms with Crippen LogP contribution in [0.2, 0.25) is 0 Å². The van der Waals surface area contributed by atoms with Crippen LogP contribution in [0.5, 0.6) is 0 Å². The summed E-state index contributed by atoms with van der Waals surface area (Å²) >= 11 is 0. The summed E-state index contributed by atoms with van der Waals surface area (Å²) in [5, 5.41) is 0. The molecule has 0 aromatic rings. The summed E-state index contributed by atoms with van der Waals surface area (Å²) in [4.78, 5) is 21.9. The van der Waals surface area contributed by atoms with Gasteiger partial charge in [-0.3, -0.25) is 9.36 Å². The van der Waals surface area contributed by atoms with E-state index in [0.717, 1.165) is 12.8 Å². The van der Waals surface area contributed by atoms with E-state index in [0.29, 0.717) is 19.4 Å². The molecule has 0 bridgehead atoms. The predicted octanol–water partition coefficient (Wildman–Crippen LogP) is 7.92. The molecule has 0 spiro atoms. The molecule has 0 saturated heterocycles. The Balaban J connectivity index is 3.74. The summed E-state index contributed by atoms with van der Waals surface area (Å²) in [6, 6.07) is 0. The molecule has 8 heteroatoms. The lowest BCUT2D eigenvalue weighted by molar-refractivity contribution is -0.154. The van der Waals surface area contributed by atoms with Gasteiger partial charge in [0.2, 0.25) is 0 Å². The highest BCUT2D eigenvalue weighted by Crippen LogP contribution is 2.46. The molecule has 222 valence electrons. The number of nitrogens with two attached hydrogens (primary N) is 1. The quantitative estimate of drug-likeness (QED) is 0.0580. The lowest BCUT2D eigenvalue weighted by atomic mass is 10.0. The second kappa shape index (κ2) is 25.8. The summed E-state index contributed by atoms with van der Waals surface area (Å²) < 4.78 is 28.5. The van der Waals surface area contributed by atoms with Gasteiger partial charge in [0.05, 0.1) is 18.9 Å². The molecule has 3 unspecified atom stereocenters. The fourth-order valence-corrected chi connectivity index (χ4v) is 5.06.